The van der Waals surface area contributed by atoms with Gasteiger partial charge in [-0.05, 0) is 49.1 Å². The van der Waals surface area contributed by atoms with Gasteiger partial charge in [-0.2, -0.15) is 0 Å². The van der Waals surface area contributed by atoms with Crippen LogP contribution < -0.4 is 10.6 Å². The van der Waals surface area contributed by atoms with E-state index in [1.54, 1.807) is 18.2 Å². The number of anilines is 2. The summed E-state index contributed by atoms with van der Waals surface area (Å²) in [5, 5.41) is 5.93. The van der Waals surface area contributed by atoms with E-state index in [4.69, 9.17) is 0 Å². The number of carbonyl (C=O) groups is 1. The van der Waals surface area contributed by atoms with Crippen LogP contribution in [0.15, 0.2) is 54.9 Å². The molecule has 0 spiro atoms. The van der Waals surface area contributed by atoms with Crippen LogP contribution in [0.1, 0.15) is 27.2 Å². The molecule has 3 rings (SSSR count). The molecule has 2 N–H and O–H groups in total. The summed E-state index contributed by atoms with van der Waals surface area (Å²) in [6.45, 7) is 4.35. The third-order valence-corrected chi connectivity index (χ3v) is 4.18. The Morgan fingerprint density at radius 2 is 1.89 bits per heavy atom. The maximum Gasteiger partial charge on any atom is 0.271 e. The fourth-order valence-electron chi connectivity index (χ4n) is 2.62. The number of aryl methyl sites for hydroxylation is 2. The Hall–Kier alpha value is -3.28. The van der Waals surface area contributed by atoms with Gasteiger partial charge in [-0.1, -0.05) is 30.3 Å². The monoisotopic (exact) mass is 364 g/mol. The summed E-state index contributed by atoms with van der Waals surface area (Å²) >= 11 is 0. The number of hydrogen-bond acceptors (Lipinski definition) is 4. The lowest BCUT2D eigenvalue weighted by Crippen LogP contribution is -2.26. The minimum absolute atomic E-state index is 0.218. The van der Waals surface area contributed by atoms with E-state index in [1.807, 2.05) is 32.0 Å². The number of halogens is 1. The van der Waals surface area contributed by atoms with Crippen molar-refractivity contribution in [3.63, 3.8) is 0 Å². The minimum atomic E-state index is -0.336. The van der Waals surface area contributed by atoms with Crippen LogP contribution in [0, 0.1) is 19.7 Å². The standard InChI is InChI=1S/C21H21FN4O/c1-14-7-8-15(2)18(11-14)26-20-13-24-19(12-25-20)21(27)23-10-9-16-5-3-4-6-17(16)22/h3-8,11-13H,9-10H2,1-2H3,(H,23,27)(H,25,26). The van der Waals surface area contributed by atoms with Crippen LogP contribution in [0.2, 0.25) is 0 Å². The predicted molar refractivity (Wildman–Crippen MR) is 104 cm³/mol. The van der Waals surface area contributed by atoms with Crippen molar-refractivity contribution in [2.24, 2.45) is 0 Å². The van der Waals surface area contributed by atoms with Crippen LogP contribution >= 0.6 is 0 Å². The Bertz CT molecular complexity index is 941. The molecule has 1 amide bonds. The van der Waals surface area contributed by atoms with Crippen molar-refractivity contribution in [1.82, 2.24) is 15.3 Å². The van der Waals surface area contributed by atoms with Gasteiger partial charge in [-0.15, -0.1) is 0 Å². The first-order chi connectivity index (χ1) is 13.0. The molecule has 1 heterocycles. The van der Waals surface area contributed by atoms with Gasteiger partial charge in [0.2, 0.25) is 0 Å². The van der Waals surface area contributed by atoms with Gasteiger partial charge in [0, 0.05) is 12.2 Å². The van der Waals surface area contributed by atoms with Crippen LogP contribution in [0.4, 0.5) is 15.9 Å². The van der Waals surface area contributed by atoms with Gasteiger partial charge in [0.15, 0.2) is 0 Å². The third-order valence-electron chi connectivity index (χ3n) is 4.18. The highest BCUT2D eigenvalue weighted by Crippen LogP contribution is 2.20. The zero-order valence-corrected chi connectivity index (χ0v) is 15.3. The summed E-state index contributed by atoms with van der Waals surface area (Å²) in [4.78, 5) is 20.6. The third kappa shape index (κ3) is 4.88. The first kappa shape index (κ1) is 18.5. The average molecular weight is 364 g/mol. The van der Waals surface area contributed by atoms with E-state index in [0.717, 1.165) is 16.8 Å². The van der Waals surface area contributed by atoms with Crippen molar-refractivity contribution in [1.29, 1.82) is 0 Å². The number of amides is 1. The lowest BCUT2D eigenvalue weighted by Gasteiger charge is -2.10. The summed E-state index contributed by atoms with van der Waals surface area (Å²) < 4.78 is 13.6. The van der Waals surface area contributed by atoms with Crippen LogP contribution in [-0.2, 0) is 6.42 Å². The van der Waals surface area contributed by atoms with Crippen molar-refractivity contribution in [2.75, 3.05) is 11.9 Å². The molecule has 0 aliphatic carbocycles. The van der Waals surface area contributed by atoms with Crippen LogP contribution in [-0.4, -0.2) is 22.4 Å². The number of nitrogens with one attached hydrogen (secondary N) is 2. The largest absolute Gasteiger partial charge is 0.350 e. The van der Waals surface area contributed by atoms with Gasteiger partial charge in [0.1, 0.15) is 17.3 Å². The smallest absolute Gasteiger partial charge is 0.271 e. The number of carbonyl (C=O) groups excluding carboxylic acids is 1. The zero-order chi connectivity index (χ0) is 19.2. The number of aromatic nitrogens is 2. The SMILES string of the molecule is Cc1ccc(C)c(Nc2cnc(C(=O)NCCc3ccccc3F)cn2)c1. The molecule has 0 bridgehead atoms. The van der Waals surface area contributed by atoms with Crippen LogP contribution in [0.3, 0.4) is 0 Å². The molecule has 0 saturated heterocycles. The molecule has 0 aliphatic rings. The van der Waals surface area contributed by atoms with Crippen molar-refractivity contribution >= 4 is 17.4 Å². The van der Waals surface area contributed by atoms with Crippen molar-refractivity contribution in [3.05, 3.63) is 83.1 Å². The maximum atomic E-state index is 13.6. The number of rotatable bonds is 6. The molecule has 138 valence electrons. The molecule has 5 nitrogen and oxygen atoms in total. The Morgan fingerprint density at radius 3 is 2.63 bits per heavy atom. The number of nitrogens with zero attached hydrogens (tertiary/aromatic N) is 2. The van der Waals surface area contributed by atoms with Gasteiger partial charge < -0.3 is 10.6 Å². The summed E-state index contributed by atoms with van der Waals surface area (Å²) in [6, 6.07) is 12.6. The highest BCUT2D eigenvalue weighted by molar-refractivity contribution is 5.92. The summed E-state index contributed by atoms with van der Waals surface area (Å²) in [5.41, 5.74) is 3.97. The minimum Gasteiger partial charge on any atom is -0.350 e. The van der Waals surface area contributed by atoms with E-state index in [1.165, 1.54) is 18.5 Å². The Labute approximate surface area is 157 Å². The van der Waals surface area contributed by atoms with Crippen LogP contribution in [0.5, 0.6) is 0 Å². The Balaban J connectivity index is 1.57. The van der Waals surface area contributed by atoms with E-state index in [2.05, 4.69) is 20.6 Å². The van der Waals surface area contributed by atoms with Crippen LogP contribution in [0.25, 0.3) is 0 Å². The van der Waals surface area contributed by atoms with Crippen molar-refractivity contribution in [3.8, 4) is 0 Å². The second-order valence-electron chi connectivity index (χ2n) is 6.33. The lowest BCUT2D eigenvalue weighted by molar-refractivity contribution is 0.0948. The molecule has 0 radical (unpaired) electrons. The highest BCUT2D eigenvalue weighted by atomic mass is 19.1. The molecule has 0 fully saturated rings. The molecular formula is C21H21FN4O. The molecule has 2 aromatic carbocycles. The number of benzene rings is 2. The second kappa shape index (κ2) is 8.40. The molecule has 6 heteroatoms. The van der Waals surface area contributed by atoms with E-state index in [9.17, 15) is 9.18 Å². The fraction of sp³-hybridized carbons (Fsp3) is 0.190. The van der Waals surface area contributed by atoms with Crippen molar-refractivity contribution < 1.29 is 9.18 Å². The van der Waals surface area contributed by atoms with Gasteiger partial charge in [-0.3, -0.25) is 4.79 Å². The highest BCUT2D eigenvalue weighted by Gasteiger charge is 2.09. The first-order valence-electron chi connectivity index (χ1n) is 8.71. The van der Waals surface area contributed by atoms with E-state index in [0.29, 0.717) is 24.3 Å². The summed E-state index contributed by atoms with van der Waals surface area (Å²) in [7, 11) is 0. The summed E-state index contributed by atoms with van der Waals surface area (Å²) in [6.07, 6.45) is 3.36. The molecule has 27 heavy (non-hydrogen) atoms. The fourth-order valence-corrected chi connectivity index (χ4v) is 2.62. The van der Waals surface area contributed by atoms with E-state index < -0.39 is 0 Å². The molecule has 3 aromatic rings. The average Bonchev–Trinajstić information content (AvgIpc) is 2.67. The Kier molecular flexibility index (Phi) is 5.76. The van der Waals surface area contributed by atoms with Gasteiger partial charge in [-0.25, -0.2) is 14.4 Å². The topological polar surface area (TPSA) is 66.9 Å². The van der Waals surface area contributed by atoms with Gasteiger partial charge >= 0.3 is 0 Å². The molecule has 0 unspecified atom stereocenters. The number of hydrogen-bond donors (Lipinski definition) is 2. The first-order valence-corrected chi connectivity index (χ1v) is 8.71. The second-order valence-corrected chi connectivity index (χ2v) is 6.33. The molecule has 1 aromatic heterocycles. The van der Waals surface area contributed by atoms with Gasteiger partial charge in [0.25, 0.3) is 5.91 Å². The van der Waals surface area contributed by atoms with Gasteiger partial charge in [0.05, 0.1) is 12.4 Å². The molecular weight excluding hydrogens is 343 g/mol. The van der Waals surface area contributed by atoms with E-state index in [-0.39, 0.29) is 17.4 Å². The van der Waals surface area contributed by atoms with E-state index >= 15 is 0 Å². The normalized spacial score (nSPS) is 10.5. The summed E-state index contributed by atoms with van der Waals surface area (Å²) in [5.74, 6) is -0.0443. The Morgan fingerprint density at radius 1 is 1.07 bits per heavy atom. The molecule has 0 saturated carbocycles. The maximum absolute atomic E-state index is 13.6. The molecule has 0 aliphatic heterocycles. The lowest BCUT2D eigenvalue weighted by atomic mass is 10.1. The van der Waals surface area contributed by atoms with Crippen molar-refractivity contribution in [2.45, 2.75) is 20.3 Å². The quantitative estimate of drug-likeness (QED) is 0.695. The molecule has 0 atom stereocenters. The predicted octanol–water partition coefficient (Wildman–Crippen LogP) is 3.95. The zero-order valence-electron chi connectivity index (χ0n) is 15.3.